The second kappa shape index (κ2) is 7.44. The van der Waals surface area contributed by atoms with Crippen LogP contribution in [0.25, 0.3) is 0 Å². The molecular weight excluding hydrogens is 250 g/mol. The van der Waals surface area contributed by atoms with E-state index in [9.17, 15) is 4.79 Å². The van der Waals surface area contributed by atoms with Crippen molar-refractivity contribution >= 4 is 5.97 Å². The lowest BCUT2D eigenvalue weighted by Gasteiger charge is -2.37. The third-order valence-corrected chi connectivity index (χ3v) is 4.06. The molecule has 2 rings (SSSR count). The van der Waals surface area contributed by atoms with Gasteiger partial charge in [0.15, 0.2) is 0 Å². The highest BCUT2D eigenvalue weighted by molar-refractivity contribution is 5.69. The first kappa shape index (κ1) is 15.0. The first-order valence-electron chi connectivity index (χ1n) is 7.65. The number of esters is 1. The van der Waals surface area contributed by atoms with Crippen molar-refractivity contribution in [1.29, 1.82) is 0 Å². The number of benzene rings is 1. The summed E-state index contributed by atoms with van der Waals surface area (Å²) in [7, 11) is 0. The maximum atomic E-state index is 11.2. The van der Waals surface area contributed by atoms with Gasteiger partial charge in [-0.05, 0) is 56.7 Å². The number of aryl methyl sites for hydroxylation is 1. The van der Waals surface area contributed by atoms with E-state index in [-0.39, 0.29) is 5.97 Å². The van der Waals surface area contributed by atoms with Crippen LogP contribution in [0.4, 0.5) is 0 Å². The molecule has 3 nitrogen and oxygen atoms in total. The van der Waals surface area contributed by atoms with Crippen LogP contribution in [0, 0.1) is 6.92 Å². The molecule has 110 valence electrons. The van der Waals surface area contributed by atoms with E-state index in [0.29, 0.717) is 25.0 Å². The number of hydrogen-bond donors (Lipinski definition) is 1. The summed E-state index contributed by atoms with van der Waals surface area (Å²) in [5.41, 5.74) is 2.90. The Labute approximate surface area is 121 Å². The van der Waals surface area contributed by atoms with Crippen molar-refractivity contribution < 1.29 is 9.53 Å². The molecule has 1 saturated carbocycles. The van der Waals surface area contributed by atoms with Crippen molar-refractivity contribution in [2.45, 2.75) is 51.5 Å². The molecule has 0 aromatic heterocycles. The third-order valence-electron chi connectivity index (χ3n) is 4.06. The van der Waals surface area contributed by atoms with Crippen LogP contribution in [-0.4, -0.2) is 25.2 Å². The molecule has 3 heteroatoms. The lowest BCUT2D eigenvalue weighted by Crippen LogP contribution is -2.40. The minimum atomic E-state index is -0.0827. The summed E-state index contributed by atoms with van der Waals surface area (Å²) >= 11 is 0. The standard InChI is InChI=1S/C17H25NO2/c1-3-20-17(19)9-6-10-18-15-11-14(12-15)16-8-5-4-7-13(16)2/h4-5,7-8,14-15,18H,3,6,9-12H2,1-2H3. The van der Waals surface area contributed by atoms with Gasteiger partial charge in [0.25, 0.3) is 0 Å². The van der Waals surface area contributed by atoms with Crippen LogP contribution >= 0.6 is 0 Å². The number of rotatable bonds is 7. The Morgan fingerprint density at radius 2 is 2.10 bits per heavy atom. The summed E-state index contributed by atoms with van der Waals surface area (Å²) in [4.78, 5) is 11.2. The maximum Gasteiger partial charge on any atom is 0.305 e. The van der Waals surface area contributed by atoms with Crippen molar-refractivity contribution in [3.8, 4) is 0 Å². The first-order valence-corrected chi connectivity index (χ1v) is 7.65. The van der Waals surface area contributed by atoms with E-state index in [2.05, 4.69) is 36.5 Å². The summed E-state index contributed by atoms with van der Waals surface area (Å²) in [5.74, 6) is 0.624. The molecule has 1 N–H and O–H groups in total. The van der Waals surface area contributed by atoms with Crippen LogP contribution in [0.3, 0.4) is 0 Å². The smallest absolute Gasteiger partial charge is 0.305 e. The van der Waals surface area contributed by atoms with Crippen LogP contribution in [0.2, 0.25) is 0 Å². The van der Waals surface area contributed by atoms with E-state index in [1.54, 1.807) is 0 Å². The molecule has 0 unspecified atom stereocenters. The van der Waals surface area contributed by atoms with Crippen LogP contribution in [-0.2, 0) is 9.53 Å². The lowest BCUT2D eigenvalue weighted by atomic mass is 9.74. The Morgan fingerprint density at radius 1 is 1.35 bits per heavy atom. The van der Waals surface area contributed by atoms with Crippen molar-refractivity contribution in [3.05, 3.63) is 35.4 Å². The molecule has 0 aliphatic heterocycles. The molecular formula is C17H25NO2. The molecule has 0 atom stereocenters. The quantitative estimate of drug-likeness (QED) is 0.613. The molecule has 0 heterocycles. The number of nitrogens with one attached hydrogen (secondary N) is 1. The van der Waals surface area contributed by atoms with Crippen molar-refractivity contribution in [2.75, 3.05) is 13.2 Å². The molecule has 1 aliphatic carbocycles. The topological polar surface area (TPSA) is 38.3 Å². The van der Waals surface area contributed by atoms with Gasteiger partial charge >= 0.3 is 5.97 Å². The lowest BCUT2D eigenvalue weighted by molar-refractivity contribution is -0.143. The molecule has 1 aromatic carbocycles. The van der Waals surface area contributed by atoms with Gasteiger partial charge in [-0.15, -0.1) is 0 Å². The zero-order chi connectivity index (χ0) is 14.4. The van der Waals surface area contributed by atoms with E-state index in [4.69, 9.17) is 4.74 Å². The highest BCUT2D eigenvalue weighted by Crippen LogP contribution is 2.38. The first-order chi connectivity index (χ1) is 9.70. The van der Waals surface area contributed by atoms with Gasteiger partial charge in [0.2, 0.25) is 0 Å². The second-order valence-electron chi connectivity index (χ2n) is 5.58. The van der Waals surface area contributed by atoms with Gasteiger partial charge in [0, 0.05) is 12.5 Å². The third kappa shape index (κ3) is 4.07. The molecule has 1 aromatic rings. The van der Waals surface area contributed by atoms with Gasteiger partial charge in [0.1, 0.15) is 0 Å². The molecule has 0 bridgehead atoms. The highest BCUT2D eigenvalue weighted by Gasteiger charge is 2.30. The fourth-order valence-corrected chi connectivity index (χ4v) is 2.86. The van der Waals surface area contributed by atoms with Crippen molar-refractivity contribution in [1.82, 2.24) is 5.32 Å². The summed E-state index contributed by atoms with van der Waals surface area (Å²) in [6.45, 7) is 5.42. The van der Waals surface area contributed by atoms with Gasteiger partial charge in [-0.2, -0.15) is 0 Å². The molecule has 0 saturated heterocycles. The van der Waals surface area contributed by atoms with E-state index in [1.807, 2.05) is 6.92 Å². The Morgan fingerprint density at radius 3 is 2.80 bits per heavy atom. The van der Waals surface area contributed by atoms with Crippen LogP contribution in [0.1, 0.15) is 49.7 Å². The second-order valence-corrected chi connectivity index (χ2v) is 5.58. The predicted molar refractivity (Wildman–Crippen MR) is 80.8 cm³/mol. The fourth-order valence-electron chi connectivity index (χ4n) is 2.86. The van der Waals surface area contributed by atoms with Gasteiger partial charge in [-0.25, -0.2) is 0 Å². The molecule has 0 radical (unpaired) electrons. The predicted octanol–water partition coefficient (Wildman–Crippen LogP) is 3.17. The highest BCUT2D eigenvalue weighted by atomic mass is 16.5. The molecule has 0 spiro atoms. The zero-order valence-electron chi connectivity index (χ0n) is 12.5. The van der Waals surface area contributed by atoms with Gasteiger partial charge < -0.3 is 10.1 Å². The number of carbonyl (C=O) groups excluding carboxylic acids is 1. The van der Waals surface area contributed by atoms with E-state index in [0.717, 1.165) is 13.0 Å². The summed E-state index contributed by atoms with van der Waals surface area (Å²) in [6, 6.07) is 9.28. The number of carbonyl (C=O) groups is 1. The Hall–Kier alpha value is -1.35. The number of ether oxygens (including phenoxy) is 1. The normalized spacial score (nSPS) is 21.3. The van der Waals surface area contributed by atoms with E-state index >= 15 is 0 Å². The Balaban J connectivity index is 1.60. The van der Waals surface area contributed by atoms with Gasteiger partial charge in [0.05, 0.1) is 6.61 Å². The monoisotopic (exact) mass is 275 g/mol. The summed E-state index contributed by atoms with van der Waals surface area (Å²) in [6.07, 6.45) is 3.81. The van der Waals surface area contributed by atoms with Gasteiger partial charge in [-0.1, -0.05) is 24.3 Å². The minimum Gasteiger partial charge on any atom is -0.466 e. The largest absolute Gasteiger partial charge is 0.466 e. The molecule has 1 fully saturated rings. The average Bonchev–Trinajstić information content (AvgIpc) is 2.38. The Bertz CT molecular complexity index is 438. The van der Waals surface area contributed by atoms with Crippen LogP contribution in [0.5, 0.6) is 0 Å². The summed E-state index contributed by atoms with van der Waals surface area (Å²) < 4.78 is 4.91. The van der Waals surface area contributed by atoms with Crippen molar-refractivity contribution in [3.63, 3.8) is 0 Å². The zero-order valence-corrected chi connectivity index (χ0v) is 12.5. The van der Waals surface area contributed by atoms with E-state index in [1.165, 1.54) is 24.0 Å². The summed E-state index contributed by atoms with van der Waals surface area (Å²) in [5, 5.41) is 3.53. The van der Waals surface area contributed by atoms with Crippen LogP contribution < -0.4 is 5.32 Å². The van der Waals surface area contributed by atoms with Gasteiger partial charge in [-0.3, -0.25) is 4.79 Å². The molecule has 20 heavy (non-hydrogen) atoms. The molecule has 0 amide bonds. The maximum absolute atomic E-state index is 11.2. The van der Waals surface area contributed by atoms with E-state index < -0.39 is 0 Å². The fraction of sp³-hybridized carbons (Fsp3) is 0.588. The minimum absolute atomic E-state index is 0.0827. The average molecular weight is 275 g/mol. The Kier molecular flexibility index (Phi) is 5.60. The SMILES string of the molecule is CCOC(=O)CCCNC1CC(c2ccccc2C)C1. The van der Waals surface area contributed by atoms with Crippen molar-refractivity contribution in [2.24, 2.45) is 0 Å². The molecule has 1 aliphatic rings. The number of hydrogen-bond acceptors (Lipinski definition) is 3. The van der Waals surface area contributed by atoms with Crippen LogP contribution in [0.15, 0.2) is 24.3 Å².